The summed E-state index contributed by atoms with van der Waals surface area (Å²) in [6, 6.07) is 9.04. The van der Waals surface area contributed by atoms with E-state index >= 15 is 0 Å². The molecule has 0 fully saturated rings. The number of pyridine rings is 1. The molecule has 36 heavy (non-hydrogen) atoms. The lowest BCUT2D eigenvalue weighted by Crippen LogP contribution is -2.30. The maximum Gasteiger partial charge on any atom is 0.514 e. The highest BCUT2D eigenvalue weighted by molar-refractivity contribution is 5.96. The van der Waals surface area contributed by atoms with Crippen molar-refractivity contribution in [3.05, 3.63) is 53.6 Å². The topological polar surface area (TPSA) is 117 Å². The van der Waals surface area contributed by atoms with Gasteiger partial charge in [0.25, 0.3) is 5.91 Å². The number of carbonyl (C=O) groups is 2. The Labute approximate surface area is 211 Å². The third kappa shape index (κ3) is 6.38. The number of aryl methyl sites for hydroxylation is 1. The lowest BCUT2D eigenvalue weighted by atomic mass is 10.0. The second kappa shape index (κ2) is 11.7. The van der Waals surface area contributed by atoms with Crippen molar-refractivity contribution in [3.8, 4) is 22.9 Å². The van der Waals surface area contributed by atoms with E-state index < -0.39 is 18.1 Å². The molecule has 0 unspecified atom stereocenters. The van der Waals surface area contributed by atoms with Crippen LogP contribution < -0.4 is 14.8 Å². The third-order valence-corrected chi connectivity index (χ3v) is 5.37. The van der Waals surface area contributed by atoms with E-state index in [4.69, 9.17) is 14.2 Å². The van der Waals surface area contributed by atoms with Crippen molar-refractivity contribution in [3.63, 3.8) is 0 Å². The van der Waals surface area contributed by atoms with Crippen LogP contribution in [0.3, 0.4) is 0 Å². The molecule has 0 aliphatic carbocycles. The van der Waals surface area contributed by atoms with E-state index in [1.807, 2.05) is 26.0 Å². The first kappa shape index (κ1) is 26.7. The van der Waals surface area contributed by atoms with Gasteiger partial charge in [0, 0.05) is 24.9 Å². The normalized spacial score (nSPS) is 11.9. The molecule has 1 atom stereocenters. The molecule has 0 bridgehead atoms. The Hall–Kier alpha value is -3.95. The van der Waals surface area contributed by atoms with Crippen LogP contribution in [0.2, 0.25) is 0 Å². The summed E-state index contributed by atoms with van der Waals surface area (Å²) in [5.74, 6) is 1.10. The zero-order chi connectivity index (χ0) is 26.4. The Morgan fingerprint density at radius 2 is 1.86 bits per heavy atom. The van der Waals surface area contributed by atoms with Crippen LogP contribution in [0.25, 0.3) is 11.4 Å². The summed E-state index contributed by atoms with van der Waals surface area (Å²) in [7, 11) is 3.17. The van der Waals surface area contributed by atoms with Crippen LogP contribution in [0.4, 0.5) is 4.79 Å². The average Bonchev–Trinajstić information content (AvgIpc) is 3.24. The fourth-order valence-corrected chi connectivity index (χ4v) is 3.46. The molecule has 1 aromatic carbocycles. The van der Waals surface area contributed by atoms with Gasteiger partial charge in [-0.3, -0.25) is 9.48 Å². The van der Waals surface area contributed by atoms with Crippen molar-refractivity contribution < 1.29 is 23.8 Å². The van der Waals surface area contributed by atoms with Gasteiger partial charge in [0.2, 0.25) is 5.75 Å². The first-order valence-corrected chi connectivity index (χ1v) is 11.8. The van der Waals surface area contributed by atoms with Crippen LogP contribution in [0, 0.1) is 5.92 Å². The van der Waals surface area contributed by atoms with E-state index in [-0.39, 0.29) is 29.7 Å². The number of ether oxygens (including phenoxy) is 3. The highest BCUT2D eigenvalue weighted by Gasteiger charge is 2.25. The number of nitrogens with zero attached hydrogens (tertiary/aromatic N) is 4. The fraction of sp³-hybridized carbons (Fsp3) is 0.423. The molecule has 1 amide bonds. The van der Waals surface area contributed by atoms with Gasteiger partial charge in [-0.1, -0.05) is 45.9 Å². The van der Waals surface area contributed by atoms with E-state index in [0.29, 0.717) is 17.6 Å². The molecule has 192 valence electrons. The first-order chi connectivity index (χ1) is 17.1. The predicted octanol–water partition coefficient (Wildman–Crippen LogP) is 4.67. The van der Waals surface area contributed by atoms with E-state index in [0.717, 1.165) is 5.56 Å². The molecule has 3 rings (SSSR count). The molecular weight excluding hydrogens is 462 g/mol. The van der Waals surface area contributed by atoms with Crippen LogP contribution in [0.1, 0.15) is 68.5 Å². The van der Waals surface area contributed by atoms with Crippen LogP contribution in [0.15, 0.2) is 36.5 Å². The Kier molecular flexibility index (Phi) is 8.63. The number of rotatable bonds is 9. The second-order valence-electron chi connectivity index (χ2n) is 9.14. The monoisotopic (exact) mass is 495 g/mol. The van der Waals surface area contributed by atoms with Crippen LogP contribution >= 0.6 is 0 Å². The fourth-order valence-electron chi connectivity index (χ4n) is 3.46. The number of methoxy groups -OCH3 is 1. The molecule has 2 heterocycles. The van der Waals surface area contributed by atoms with E-state index in [1.54, 1.807) is 18.7 Å². The Bertz CT molecular complexity index is 1220. The molecule has 0 aliphatic heterocycles. The Balaban J connectivity index is 1.81. The minimum Gasteiger partial charge on any atom is -0.493 e. The minimum atomic E-state index is -0.946. The van der Waals surface area contributed by atoms with Crippen molar-refractivity contribution in [1.82, 2.24) is 25.1 Å². The molecule has 0 spiro atoms. The van der Waals surface area contributed by atoms with Gasteiger partial charge >= 0.3 is 6.16 Å². The molecular formula is C26H33N5O5. The minimum absolute atomic E-state index is 0.116. The van der Waals surface area contributed by atoms with Gasteiger partial charge in [-0.05, 0) is 30.4 Å². The summed E-state index contributed by atoms with van der Waals surface area (Å²) in [5.41, 5.74) is 1.97. The lowest BCUT2D eigenvalue weighted by Gasteiger charge is -2.16. The Morgan fingerprint density at radius 3 is 2.53 bits per heavy atom. The number of benzene rings is 1. The van der Waals surface area contributed by atoms with Gasteiger partial charge in [0.1, 0.15) is 5.82 Å². The summed E-state index contributed by atoms with van der Waals surface area (Å²) in [6.45, 7) is 10.0. The highest BCUT2D eigenvalue weighted by Crippen LogP contribution is 2.30. The SMILES string of the molecule is COc1ccnc(C(=O)N[C@@H](C)c2nc(-c3cccc(C(C)C)c3)nn2C)c1OC(=O)OCC(C)C. The maximum atomic E-state index is 13.2. The summed E-state index contributed by atoms with van der Waals surface area (Å²) in [5, 5.41) is 7.38. The summed E-state index contributed by atoms with van der Waals surface area (Å²) in [4.78, 5) is 34.1. The van der Waals surface area contributed by atoms with Crippen molar-refractivity contribution >= 4 is 12.1 Å². The smallest absolute Gasteiger partial charge is 0.493 e. The molecule has 3 aromatic rings. The van der Waals surface area contributed by atoms with E-state index in [9.17, 15) is 9.59 Å². The first-order valence-electron chi connectivity index (χ1n) is 11.8. The van der Waals surface area contributed by atoms with Crippen LogP contribution in [-0.2, 0) is 11.8 Å². The zero-order valence-corrected chi connectivity index (χ0v) is 21.7. The van der Waals surface area contributed by atoms with Crippen molar-refractivity contribution in [2.75, 3.05) is 13.7 Å². The van der Waals surface area contributed by atoms with Gasteiger partial charge in [-0.2, -0.15) is 5.10 Å². The summed E-state index contributed by atoms with van der Waals surface area (Å²) < 4.78 is 17.3. The van der Waals surface area contributed by atoms with Crippen molar-refractivity contribution in [2.24, 2.45) is 13.0 Å². The molecule has 10 nitrogen and oxygen atoms in total. The number of hydrogen-bond donors (Lipinski definition) is 1. The molecule has 10 heteroatoms. The van der Waals surface area contributed by atoms with Gasteiger partial charge in [-0.15, -0.1) is 0 Å². The molecule has 1 N–H and O–H groups in total. The summed E-state index contributed by atoms with van der Waals surface area (Å²) in [6.07, 6.45) is 0.450. The van der Waals surface area contributed by atoms with Gasteiger partial charge in [-0.25, -0.2) is 14.8 Å². The van der Waals surface area contributed by atoms with Crippen molar-refractivity contribution in [2.45, 2.75) is 46.6 Å². The standard InChI is InChI=1S/C26H33N5O5/c1-15(2)14-35-26(33)36-22-20(34-7)11-12-27-21(22)25(32)28-17(5)24-29-23(30-31(24)6)19-10-8-9-18(13-19)16(3)4/h8-13,15-17H,14H2,1-7H3,(H,28,32)/t17-/m0/s1. The predicted molar refractivity (Wildman–Crippen MR) is 134 cm³/mol. The maximum absolute atomic E-state index is 13.2. The number of aromatic nitrogens is 4. The molecule has 0 aliphatic rings. The van der Waals surface area contributed by atoms with Crippen LogP contribution in [-0.4, -0.2) is 45.5 Å². The van der Waals surface area contributed by atoms with E-state index in [1.165, 1.54) is 24.9 Å². The van der Waals surface area contributed by atoms with Crippen molar-refractivity contribution in [1.29, 1.82) is 0 Å². The number of amides is 1. The van der Waals surface area contributed by atoms with Gasteiger partial charge in [0.05, 0.1) is 19.8 Å². The number of nitrogens with one attached hydrogen (secondary N) is 1. The van der Waals surface area contributed by atoms with Gasteiger partial charge in [0.15, 0.2) is 17.3 Å². The largest absolute Gasteiger partial charge is 0.514 e. The Morgan fingerprint density at radius 1 is 1.11 bits per heavy atom. The molecule has 2 aromatic heterocycles. The van der Waals surface area contributed by atoms with Gasteiger partial charge < -0.3 is 19.5 Å². The summed E-state index contributed by atoms with van der Waals surface area (Å²) >= 11 is 0. The third-order valence-electron chi connectivity index (χ3n) is 5.37. The van der Waals surface area contributed by atoms with Crippen LogP contribution in [0.5, 0.6) is 11.5 Å². The average molecular weight is 496 g/mol. The second-order valence-corrected chi connectivity index (χ2v) is 9.14. The zero-order valence-electron chi connectivity index (χ0n) is 21.7. The van der Waals surface area contributed by atoms with E-state index in [2.05, 4.69) is 46.4 Å². The molecule has 0 radical (unpaired) electrons. The quantitative estimate of drug-likeness (QED) is 0.426. The molecule has 0 saturated heterocycles. The number of hydrogen-bond acceptors (Lipinski definition) is 8. The lowest BCUT2D eigenvalue weighted by molar-refractivity contribution is 0.0852. The highest BCUT2D eigenvalue weighted by atomic mass is 16.7. The molecule has 0 saturated carbocycles. The number of carbonyl (C=O) groups excluding carboxylic acids is 2.